The zero-order valence-electron chi connectivity index (χ0n) is 8.83. The molecule has 0 spiro atoms. The molecule has 0 aliphatic heterocycles. The Balaban J connectivity index is 2.64. The summed E-state index contributed by atoms with van der Waals surface area (Å²) in [6.45, 7) is -0.467. The van der Waals surface area contributed by atoms with Gasteiger partial charge in [-0.2, -0.15) is 13.2 Å². The number of rotatable bonds is 2. The molecule has 0 amide bonds. The quantitative estimate of drug-likeness (QED) is 0.919. The van der Waals surface area contributed by atoms with E-state index in [0.717, 1.165) is 6.07 Å². The van der Waals surface area contributed by atoms with Gasteiger partial charge in [0.15, 0.2) is 0 Å². The second-order valence-corrected chi connectivity index (χ2v) is 4.21. The summed E-state index contributed by atoms with van der Waals surface area (Å²) in [7, 11) is 0. The number of hydrogen-bond donors (Lipinski definition) is 1. The Hall–Kier alpha value is -1.34. The van der Waals surface area contributed by atoms with Crippen LogP contribution in [0.25, 0.3) is 11.3 Å². The fraction of sp³-hybridized carbons (Fsp3) is 0.182. The predicted octanol–water partition coefficient (Wildman–Crippen LogP) is 3.62. The molecule has 0 unspecified atom stereocenters. The third-order valence-electron chi connectivity index (χ3n) is 2.39. The molecular weight excluding hydrogens is 315 g/mol. The minimum atomic E-state index is -4.49. The summed E-state index contributed by atoms with van der Waals surface area (Å²) in [4.78, 5) is 0. The van der Waals surface area contributed by atoms with Crippen molar-refractivity contribution in [1.82, 2.24) is 5.16 Å². The molecule has 7 heteroatoms. The molecule has 0 aliphatic carbocycles. The summed E-state index contributed by atoms with van der Waals surface area (Å²) in [5.41, 5.74) is -0.770. The van der Waals surface area contributed by atoms with E-state index in [1.54, 1.807) is 0 Å². The van der Waals surface area contributed by atoms with E-state index in [1.165, 1.54) is 18.2 Å². The molecule has 0 atom stereocenters. The van der Waals surface area contributed by atoms with E-state index in [0.29, 0.717) is 0 Å². The zero-order chi connectivity index (χ0) is 13.3. The molecule has 2 aromatic rings. The van der Waals surface area contributed by atoms with Crippen molar-refractivity contribution in [2.24, 2.45) is 0 Å². The van der Waals surface area contributed by atoms with Crippen LogP contribution in [0.3, 0.4) is 0 Å². The first-order chi connectivity index (χ1) is 8.45. The van der Waals surface area contributed by atoms with Crippen molar-refractivity contribution >= 4 is 15.9 Å². The number of hydrogen-bond acceptors (Lipinski definition) is 3. The van der Waals surface area contributed by atoms with Crippen LogP contribution in [0.4, 0.5) is 13.2 Å². The lowest BCUT2D eigenvalue weighted by Gasteiger charge is -2.11. The number of aromatic nitrogens is 1. The molecule has 1 N–H and O–H groups in total. The lowest BCUT2D eigenvalue weighted by atomic mass is 10.0. The highest BCUT2D eigenvalue weighted by atomic mass is 79.9. The molecule has 1 heterocycles. The number of aliphatic hydroxyl groups is 1. The van der Waals surface area contributed by atoms with Crippen LogP contribution in [-0.4, -0.2) is 10.3 Å². The third kappa shape index (κ3) is 2.28. The fourth-order valence-electron chi connectivity index (χ4n) is 1.57. The summed E-state index contributed by atoms with van der Waals surface area (Å²) in [6.07, 6.45) is -4.49. The maximum absolute atomic E-state index is 12.8. The lowest BCUT2D eigenvalue weighted by Crippen LogP contribution is -2.07. The Kier molecular flexibility index (Phi) is 3.45. The third-order valence-corrected chi connectivity index (χ3v) is 3.01. The van der Waals surface area contributed by atoms with Crippen molar-refractivity contribution in [1.29, 1.82) is 0 Å². The van der Waals surface area contributed by atoms with E-state index in [9.17, 15) is 13.2 Å². The van der Waals surface area contributed by atoms with Gasteiger partial charge >= 0.3 is 6.18 Å². The molecule has 0 aliphatic rings. The second-order valence-electron chi connectivity index (χ2n) is 3.48. The molecule has 18 heavy (non-hydrogen) atoms. The first-order valence-corrected chi connectivity index (χ1v) is 5.66. The van der Waals surface area contributed by atoms with E-state index < -0.39 is 18.3 Å². The summed E-state index contributed by atoms with van der Waals surface area (Å²) in [5.74, 6) is 0. The van der Waals surface area contributed by atoms with Crippen LogP contribution >= 0.6 is 15.9 Å². The van der Waals surface area contributed by atoms with Gasteiger partial charge in [-0.25, -0.2) is 0 Å². The van der Waals surface area contributed by atoms with Crippen molar-refractivity contribution in [3.8, 4) is 11.3 Å². The van der Waals surface area contributed by atoms with Gasteiger partial charge in [-0.05, 0) is 22.0 Å². The van der Waals surface area contributed by atoms with Crippen molar-refractivity contribution in [3.63, 3.8) is 0 Å². The molecule has 1 aromatic carbocycles. The van der Waals surface area contributed by atoms with Gasteiger partial charge in [0.2, 0.25) is 4.67 Å². The number of nitrogens with zero attached hydrogens (tertiary/aromatic N) is 1. The van der Waals surface area contributed by atoms with Crippen LogP contribution in [0.5, 0.6) is 0 Å². The van der Waals surface area contributed by atoms with Gasteiger partial charge in [-0.3, -0.25) is 0 Å². The summed E-state index contributed by atoms with van der Waals surface area (Å²) in [5, 5.41) is 12.7. The van der Waals surface area contributed by atoms with Crippen LogP contribution in [0, 0.1) is 0 Å². The molecule has 96 valence electrons. The fourth-order valence-corrected chi connectivity index (χ4v) is 1.96. The largest absolute Gasteiger partial charge is 0.417 e. The molecule has 3 nitrogen and oxygen atoms in total. The highest BCUT2D eigenvalue weighted by Gasteiger charge is 2.34. The Bertz CT molecular complexity index is 566. The lowest BCUT2D eigenvalue weighted by molar-refractivity contribution is -0.137. The van der Waals surface area contributed by atoms with Crippen LogP contribution in [-0.2, 0) is 12.8 Å². The highest BCUT2D eigenvalue weighted by molar-refractivity contribution is 9.10. The first kappa shape index (κ1) is 13.1. The molecule has 0 saturated heterocycles. The minimum absolute atomic E-state index is 0.0164. The van der Waals surface area contributed by atoms with Gasteiger partial charge in [0, 0.05) is 5.56 Å². The monoisotopic (exact) mass is 321 g/mol. The van der Waals surface area contributed by atoms with E-state index in [2.05, 4.69) is 21.1 Å². The van der Waals surface area contributed by atoms with Crippen molar-refractivity contribution in [2.45, 2.75) is 12.8 Å². The van der Waals surface area contributed by atoms with E-state index >= 15 is 0 Å². The number of benzene rings is 1. The van der Waals surface area contributed by atoms with Crippen molar-refractivity contribution in [3.05, 3.63) is 40.1 Å². The molecule has 2 rings (SSSR count). The Morgan fingerprint density at radius 2 is 1.94 bits per heavy atom. The summed E-state index contributed by atoms with van der Waals surface area (Å²) in [6, 6.07) is 5.00. The molecule has 0 radical (unpaired) electrons. The van der Waals surface area contributed by atoms with E-state index in [1.807, 2.05) is 0 Å². The van der Waals surface area contributed by atoms with Crippen LogP contribution < -0.4 is 0 Å². The van der Waals surface area contributed by atoms with Gasteiger partial charge in [0.25, 0.3) is 0 Å². The minimum Gasteiger partial charge on any atom is -0.391 e. The SMILES string of the molecule is OCc1c(-c2ccccc2C(F)(F)F)noc1Br. The maximum atomic E-state index is 12.8. The average Bonchev–Trinajstić information content (AvgIpc) is 2.69. The standard InChI is InChI=1S/C11H7BrF3NO2/c12-10-7(5-17)9(16-18-10)6-3-1-2-4-8(6)11(13,14)15/h1-4,17H,5H2. The van der Waals surface area contributed by atoms with Gasteiger partial charge < -0.3 is 9.63 Å². The highest BCUT2D eigenvalue weighted by Crippen LogP contribution is 2.38. The molecule has 0 bridgehead atoms. The normalized spacial score (nSPS) is 11.8. The molecular formula is C11H7BrF3NO2. The molecule has 0 fully saturated rings. The van der Waals surface area contributed by atoms with Crippen LogP contribution in [0.15, 0.2) is 33.5 Å². The smallest absolute Gasteiger partial charge is 0.391 e. The summed E-state index contributed by atoms with van der Waals surface area (Å²) < 4.78 is 43.4. The topological polar surface area (TPSA) is 46.3 Å². The maximum Gasteiger partial charge on any atom is 0.417 e. The first-order valence-electron chi connectivity index (χ1n) is 4.86. The predicted molar refractivity (Wildman–Crippen MR) is 60.6 cm³/mol. The van der Waals surface area contributed by atoms with Crippen molar-refractivity contribution < 1.29 is 22.8 Å². The Morgan fingerprint density at radius 1 is 1.28 bits per heavy atom. The van der Waals surface area contributed by atoms with E-state index in [-0.39, 0.29) is 21.5 Å². The zero-order valence-corrected chi connectivity index (χ0v) is 10.4. The van der Waals surface area contributed by atoms with E-state index in [4.69, 9.17) is 9.63 Å². The van der Waals surface area contributed by atoms with Gasteiger partial charge in [0.1, 0.15) is 5.69 Å². The number of halogens is 4. The van der Waals surface area contributed by atoms with Gasteiger partial charge in [-0.15, -0.1) is 0 Å². The van der Waals surface area contributed by atoms with Crippen molar-refractivity contribution in [2.75, 3.05) is 0 Å². The Labute approximate surface area is 108 Å². The molecule has 0 saturated carbocycles. The average molecular weight is 322 g/mol. The van der Waals surface area contributed by atoms with Gasteiger partial charge in [-0.1, -0.05) is 23.4 Å². The second kappa shape index (κ2) is 4.74. The van der Waals surface area contributed by atoms with Gasteiger partial charge in [0.05, 0.1) is 17.7 Å². The summed E-state index contributed by atoms with van der Waals surface area (Å²) >= 11 is 2.98. The molecule has 1 aromatic heterocycles. The Morgan fingerprint density at radius 3 is 2.56 bits per heavy atom. The number of aliphatic hydroxyl groups excluding tert-OH is 1. The van der Waals surface area contributed by atoms with Crippen LogP contribution in [0.1, 0.15) is 11.1 Å². The number of alkyl halides is 3. The van der Waals surface area contributed by atoms with Crippen LogP contribution in [0.2, 0.25) is 0 Å².